The highest BCUT2D eigenvalue weighted by molar-refractivity contribution is 9.10. The molecule has 0 spiro atoms. The SMILES string of the molecule is Cc1cc(C(=O)N2CCC(N)C2)c2cc(Br)ccc2n1. The van der Waals surface area contributed by atoms with Gasteiger partial charge in [-0.2, -0.15) is 0 Å². The van der Waals surface area contributed by atoms with Gasteiger partial charge in [-0.1, -0.05) is 15.9 Å². The van der Waals surface area contributed by atoms with Gasteiger partial charge in [0.05, 0.1) is 11.1 Å². The van der Waals surface area contributed by atoms with Crippen molar-refractivity contribution in [1.29, 1.82) is 0 Å². The van der Waals surface area contributed by atoms with Crippen LogP contribution in [0, 0.1) is 6.92 Å². The zero-order chi connectivity index (χ0) is 14.3. The minimum Gasteiger partial charge on any atom is -0.337 e. The molecule has 0 radical (unpaired) electrons. The zero-order valence-corrected chi connectivity index (χ0v) is 12.9. The Bertz CT molecular complexity index is 686. The van der Waals surface area contributed by atoms with E-state index in [-0.39, 0.29) is 11.9 Å². The molecule has 1 aliphatic heterocycles. The summed E-state index contributed by atoms with van der Waals surface area (Å²) in [6.07, 6.45) is 0.872. The van der Waals surface area contributed by atoms with Gasteiger partial charge in [-0.3, -0.25) is 9.78 Å². The van der Waals surface area contributed by atoms with Crippen LogP contribution in [0.25, 0.3) is 10.9 Å². The number of nitrogens with zero attached hydrogens (tertiary/aromatic N) is 2. The van der Waals surface area contributed by atoms with Crippen LogP contribution in [0.2, 0.25) is 0 Å². The quantitative estimate of drug-likeness (QED) is 0.872. The summed E-state index contributed by atoms with van der Waals surface area (Å²) >= 11 is 3.45. The number of hydrogen-bond donors (Lipinski definition) is 1. The van der Waals surface area contributed by atoms with Gasteiger partial charge in [0, 0.05) is 34.7 Å². The molecule has 0 saturated carbocycles. The molecule has 5 heteroatoms. The third-order valence-corrected chi connectivity index (χ3v) is 4.13. The van der Waals surface area contributed by atoms with Crippen LogP contribution < -0.4 is 5.73 Å². The van der Waals surface area contributed by atoms with Crippen LogP contribution in [0.15, 0.2) is 28.7 Å². The van der Waals surface area contributed by atoms with E-state index in [1.165, 1.54) is 0 Å². The molecular weight excluding hydrogens is 318 g/mol. The first-order valence-electron chi connectivity index (χ1n) is 6.66. The number of likely N-dealkylation sites (tertiary alicyclic amines) is 1. The number of carbonyl (C=O) groups excluding carboxylic acids is 1. The van der Waals surface area contributed by atoms with Gasteiger partial charge in [-0.25, -0.2) is 0 Å². The number of carbonyl (C=O) groups is 1. The molecule has 0 aliphatic carbocycles. The van der Waals surface area contributed by atoms with Crippen LogP contribution in [-0.4, -0.2) is 34.9 Å². The fourth-order valence-electron chi connectivity index (χ4n) is 2.65. The first-order chi connectivity index (χ1) is 9.54. The average molecular weight is 334 g/mol. The Morgan fingerprint density at radius 3 is 2.95 bits per heavy atom. The smallest absolute Gasteiger partial charge is 0.254 e. The topological polar surface area (TPSA) is 59.2 Å². The molecule has 1 unspecified atom stereocenters. The van der Waals surface area contributed by atoms with E-state index in [1.807, 2.05) is 36.1 Å². The van der Waals surface area contributed by atoms with Crippen LogP contribution >= 0.6 is 15.9 Å². The summed E-state index contributed by atoms with van der Waals surface area (Å²) in [5, 5.41) is 0.885. The molecule has 2 aromatic rings. The lowest BCUT2D eigenvalue weighted by Gasteiger charge is -2.17. The molecule has 1 aromatic carbocycles. The molecule has 1 amide bonds. The lowest BCUT2D eigenvalue weighted by atomic mass is 10.1. The molecular formula is C15H16BrN3O. The summed E-state index contributed by atoms with van der Waals surface area (Å²) in [6.45, 7) is 3.28. The minimum absolute atomic E-state index is 0.0477. The Morgan fingerprint density at radius 2 is 2.25 bits per heavy atom. The second kappa shape index (κ2) is 5.14. The number of amides is 1. The molecule has 3 rings (SSSR count). The molecule has 1 fully saturated rings. The molecule has 1 aromatic heterocycles. The predicted molar refractivity (Wildman–Crippen MR) is 82.7 cm³/mol. The van der Waals surface area contributed by atoms with Gasteiger partial charge in [0.1, 0.15) is 0 Å². The van der Waals surface area contributed by atoms with Gasteiger partial charge < -0.3 is 10.6 Å². The van der Waals surface area contributed by atoms with Gasteiger partial charge in [-0.05, 0) is 37.6 Å². The van der Waals surface area contributed by atoms with Crippen LogP contribution in [0.5, 0.6) is 0 Å². The molecule has 104 valence electrons. The number of benzene rings is 1. The van der Waals surface area contributed by atoms with E-state index in [0.29, 0.717) is 12.1 Å². The lowest BCUT2D eigenvalue weighted by molar-refractivity contribution is 0.0792. The van der Waals surface area contributed by atoms with Crippen molar-refractivity contribution in [2.45, 2.75) is 19.4 Å². The van der Waals surface area contributed by atoms with Crippen LogP contribution in [0.1, 0.15) is 22.5 Å². The first-order valence-corrected chi connectivity index (χ1v) is 7.45. The summed E-state index contributed by atoms with van der Waals surface area (Å²) in [6, 6.07) is 7.78. The van der Waals surface area contributed by atoms with Gasteiger partial charge in [0.25, 0.3) is 5.91 Å². The fraction of sp³-hybridized carbons (Fsp3) is 0.333. The lowest BCUT2D eigenvalue weighted by Crippen LogP contribution is -2.32. The molecule has 1 aliphatic rings. The second-order valence-electron chi connectivity index (χ2n) is 5.27. The van der Waals surface area contributed by atoms with Crippen LogP contribution in [-0.2, 0) is 0 Å². The third-order valence-electron chi connectivity index (χ3n) is 3.64. The summed E-state index contributed by atoms with van der Waals surface area (Å²) in [5.74, 6) is 0.0477. The number of fused-ring (bicyclic) bond motifs is 1. The monoisotopic (exact) mass is 333 g/mol. The number of pyridine rings is 1. The maximum atomic E-state index is 12.7. The number of hydrogen-bond acceptors (Lipinski definition) is 3. The number of aryl methyl sites for hydroxylation is 1. The van der Waals surface area contributed by atoms with Crippen molar-refractivity contribution >= 4 is 32.7 Å². The van der Waals surface area contributed by atoms with Crippen molar-refractivity contribution in [1.82, 2.24) is 9.88 Å². The predicted octanol–water partition coefficient (Wildman–Crippen LogP) is 2.48. The van der Waals surface area contributed by atoms with Gasteiger partial charge in [-0.15, -0.1) is 0 Å². The Morgan fingerprint density at radius 1 is 1.45 bits per heavy atom. The van der Waals surface area contributed by atoms with Crippen molar-refractivity contribution in [2.75, 3.05) is 13.1 Å². The van der Waals surface area contributed by atoms with Crippen molar-refractivity contribution in [3.8, 4) is 0 Å². The molecule has 1 atom stereocenters. The highest BCUT2D eigenvalue weighted by Crippen LogP contribution is 2.25. The number of aromatic nitrogens is 1. The van der Waals surface area contributed by atoms with E-state index in [9.17, 15) is 4.79 Å². The van der Waals surface area contributed by atoms with E-state index in [0.717, 1.165) is 34.0 Å². The molecule has 4 nitrogen and oxygen atoms in total. The molecule has 2 N–H and O–H groups in total. The number of halogens is 1. The van der Waals surface area contributed by atoms with E-state index >= 15 is 0 Å². The second-order valence-corrected chi connectivity index (χ2v) is 6.19. The first kappa shape index (κ1) is 13.5. The maximum Gasteiger partial charge on any atom is 0.254 e. The van der Waals surface area contributed by atoms with Crippen molar-refractivity contribution < 1.29 is 4.79 Å². The highest BCUT2D eigenvalue weighted by atomic mass is 79.9. The van der Waals surface area contributed by atoms with Crippen molar-refractivity contribution in [3.63, 3.8) is 0 Å². The normalized spacial score (nSPS) is 18.8. The summed E-state index contributed by atoms with van der Waals surface area (Å²) < 4.78 is 0.947. The molecule has 0 bridgehead atoms. The van der Waals surface area contributed by atoms with Gasteiger partial charge in [0.2, 0.25) is 0 Å². The van der Waals surface area contributed by atoms with Gasteiger partial charge in [0.15, 0.2) is 0 Å². The third kappa shape index (κ3) is 2.43. The van der Waals surface area contributed by atoms with E-state index in [4.69, 9.17) is 5.73 Å². The number of nitrogens with two attached hydrogens (primary N) is 1. The van der Waals surface area contributed by atoms with Crippen LogP contribution in [0.4, 0.5) is 0 Å². The Labute approximate surface area is 126 Å². The molecule has 20 heavy (non-hydrogen) atoms. The molecule has 2 heterocycles. The maximum absolute atomic E-state index is 12.7. The molecule has 1 saturated heterocycles. The van der Waals surface area contributed by atoms with Gasteiger partial charge >= 0.3 is 0 Å². The highest BCUT2D eigenvalue weighted by Gasteiger charge is 2.26. The van der Waals surface area contributed by atoms with E-state index in [2.05, 4.69) is 20.9 Å². The zero-order valence-electron chi connectivity index (χ0n) is 11.3. The average Bonchev–Trinajstić information content (AvgIpc) is 2.84. The number of rotatable bonds is 1. The standard InChI is InChI=1S/C15H16BrN3O/c1-9-6-13(15(20)19-5-4-11(17)8-19)12-7-10(16)2-3-14(12)18-9/h2-3,6-7,11H,4-5,8,17H2,1H3. The summed E-state index contributed by atoms with van der Waals surface area (Å²) in [5.41, 5.74) is 8.31. The Hall–Kier alpha value is -1.46. The Balaban J connectivity index is 2.10. The summed E-state index contributed by atoms with van der Waals surface area (Å²) in [4.78, 5) is 19.0. The van der Waals surface area contributed by atoms with E-state index < -0.39 is 0 Å². The largest absolute Gasteiger partial charge is 0.337 e. The van der Waals surface area contributed by atoms with Crippen molar-refractivity contribution in [2.24, 2.45) is 5.73 Å². The Kier molecular flexibility index (Phi) is 3.48. The van der Waals surface area contributed by atoms with Crippen LogP contribution in [0.3, 0.4) is 0 Å². The summed E-state index contributed by atoms with van der Waals surface area (Å²) in [7, 11) is 0. The fourth-order valence-corrected chi connectivity index (χ4v) is 3.01. The van der Waals surface area contributed by atoms with E-state index in [1.54, 1.807) is 0 Å². The van der Waals surface area contributed by atoms with Crippen molar-refractivity contribution in [3.05, 3.63) is 40.0 Å². The minimum atomic E-state index is 0.0477.